The molecule has 0 fully saturated rings. The van der Waals surface area contributed by atoms with E-state index in [1.54, 1.807) is 6.07 Å². The number of benzene rings is 1. The van der Waals surface area contributed by atoms with Gasteiger partial charge in [-0.1, -0.05) is 0 Å². The monoisotopic (exact) mass is 243 g/mol. The summed E-state index contributed by atoms with van der Waals surface area (Å²) >= 11 is 6.11. The third kappa shape index (κ3) is 1.78. The number of thiazole rings is 1. The lowest BCUT2D eigenvalue weighted by Gasteiger charge is -1.99. The molecule has 1 N–H and O–H groups in total. The molecule has 1 heterocycles. The summed E-state index contributed by atoms with van der Waals surface area (Å²) in [5.41, 5.74) is 0.519. The highest BCUT2D eigenvalue weighted by molar-refractivity contribution is 7.73. The molecule has 0 atom stereocenters. The molecule has 1 aromatic carbocycles. The van der Waals surface area contributed by atoms with Crippen LogP contribution in [-0.4, -0.2) is 18.1 Å². The molecule has 0 aliphatic rings. The van der Waals surface area contributed by atoms with Crippen LogP contribution in [-0.2, 0) is 4.74 Å². The molecule has 0 bridgehead atoms. The SMILES string of the molecule is COC(=O)c1cc(F)c2[nH]c(=S)sc2c1. The van der Waals surface area contributed by atoms with E-state index in [9.17, 15) is 9.18 Å². The number of halogens is 1. The van der Waals surface area contributed by atoms with E-state index in [2.05, 4.69) is 9.72 Å². The van der Waals surface area contributed by atoms with Crippen molar-refractivity contribution in [3.8, 4) is 0 Å². The van der Waals surface area contributed by atoms with Gasteiger partial charge in [0.05, 0.1) is 22.9 Å². The van der Waals surface area contributed by atoms with Crippen LogP contribution in [0.15, 0.2) is 12.1 Å². The van der Waals surface area contributed by atoms with Crippen molar-refractivity contribution >= 4 is 39.7 Å². The fourth-order valence-electron chi connectivity index (χ4n) is 1.25. The maximum absolute atomic E-state index is 13.5. The van der Waals surface area contributed by atoms with E-state index < -0.39 is 11.8 Å². The maximum atomic E-state index is 13.5. The van der Waals surface area contributed by atoms with Crippen LogP contribution in [0, 0.1) is 9.77 Å². The van der Waals surface area contributed by atoms with Crippen LogP contribution < -0.4 is 0 Å². The number of H-pyrrole nitrogens is 1. The summed E-state index contributed by atoms with van der Waals surface area (Å²) in [5, 5.41) is 0. The van der Waals surface area contributed by atoms with Gasteiger partial charge in [-0.25, -0.2) is 9.18 Å². The third-order valence-corrected chi connectivity index (χ3v) is 3.09. The Hall–Kier alpha value is -1.27. The van der Waals surface area contributed by atoms with Crippen molar-refractivity contribution in [2.45, 2.75) is 0 Å². The number of nitrogens with one attached hydrogen (secondary N) is 1. The first kappa shape index (κ1) is 10.3. The van der Waals surface area contributed by atoms with Gasteiger partial charge in [0.2, 0.25) is 0 Å². The first-order valence-electron chi connectivity index (χ1n) is 4.02. The van der Waals surface area contributed by atoms with Crippen molar-refractivity contribution in [2.75, 3.05) is 7.11 Å². The average molecular weight is 243 g/mol. The number of fused-ring (bicyclic) bond motifs is 1. The number of hydrogen-bond acceptors (Lipinski definition) is 4. The van der Waals surface area contributed by atoms with Crippen LogP contribution in [0.25, 0.3) is 10.2 Å². The number of carbonyl (C=O) groups is 1. The molecular formula is C9H6FNO2S2. The number of carbonyl (C=O) groups excluding carboxylic acids is 1. The van der Waals surface area contributed by atoms with Crippen molar-refractivity contribution < 1.29 is 13.9 Å². The number of esters is 1. The topological polar surface area (TPSA) is 42.1 Å². The van der Waals surface area contributed by atoms with E-state index in [1.807, 2.05) is 0 Å². The molecule has 3 nitrogen and oxygen atoms in total. The lowest BCUT2D eigenvalue weighted by Crippen LogP contribution is -2.01. The van der Waals surface area contributed by atoms with E-state index in [-0.39, 0.29) is 5.56 Å². The van der Waals surface area contributed by atoms with Crippen LogP contribution in [0.2, 0.25) is 0 Å². The molecule has 0 spiro atoms. The summed E-state index contributed by atoms with van der Waals surface area (Å²) < 4.78 is 19.1. The Morgan fingerprint density at radius 2 is 2.33 bits per heavy atom. The number of methoxy groups -OCH3 is 1. The van der Waals surface area contributed by atoms with Crippen LogP contribution >= 0.6 is 23.6 Å². The van der Waals surface area contributed by atoms with Gasteiger partial charge in [0.25, 0.3) is 0 Å². The van der Waals surface area contributed by atoms with Gasteiger partial charge in [-0.15, -0.1) is 11.3 Å². The molecule has 0 unspecified atom stereocenters. The normalized spacial score (nSPS) is 10.5. The van der Waals surface area contributed by atoms with Crippen molar-refractivity contribution in [1.82, 2.24) is 4.98 Å². The van der Waals surface area contributed by atoms with Gasteiger partial charge in [0, 0.05) is 0 Å². The second-order valence-electron chi connectivity index (χ2n) is 2.84. The Morgan fingerprint density at radius 1 is 1.60 bits per heavy atom. The molecule has 2 aromatic rings. The zero-order chi connectivity index (χ0) is 11.0. The van der Waals surface area contributed by atoms with Crippen molar-refractivity contribution in [1.29, 1.82) is 0 Å². The molecular weight excluding hydrogens is 237 g/mol. The number of ether oxygens (including phenoxy) is 1. The smallest absolute Gasteiger partial charge is 0.338 e. The Balaban J connectivity index is 2.71. The first-order valence-corrected chi connectivity index (χ1v) is 5.25. The van der Waals surface area contributed by atoms with Crippen LogP contribution in [0.5, 0.6) is 0 Å². The van der Waals surface area contributed by atoms with E-state index >= 15 is 0 Å². The van der Waals surface area contributed by atoms with Gasteiger partial charge < -0.3 is 9.72 Å². The highest BCUT2D eigenvalue weighted by atomic mass is 32.1. The highest BCUT2D eigenvalue weighted by Gasteiger charge is 2.11. The minimum Gasteiger partial charge on any atom is -0.465 e. The minimum atomic E-state index is -0.560. The fourth-order valence-corrected chi connectivity index (χ4v) is 2.41. The summed E-state index contributed by atoms with van der Waals surface area (Å²) in [6, 6.07) is 2.69. The van der Waals surface area contributed by atoms with E-state index in [0.29, 0.717) is 14.2 Å². The number of hydrogen-bond donors (Lipinski definition) is 1. The van der Waals surface area contributed by atoms with Gasteiger partial charge in [-0.05, 0) is 24.4 Å². The Bertz CT molecular complexity index is 587. The Labute approximate surface area is 93.5 Å². The van der Waals surface area contributed by atoms with Gasteiger partial charge in [-0.2, -0.15) is 0 Å². The largest absolute Gasteiger partial charge is 0.465 e. The summed E-state index contributed by atoms with van der Waals surface area (Å²) in [4.78, 5) is 13.9. The van der Waals surface area contributed by atoms with E-state index in [4.69, 9.17) is 12.2 Å². The molecule has 78 valence electrons. The van der Waals surface area contributed by atoms with Gasteiger partial charge in [0.1, 0.15) is 5.82 Å². The summed E-state index contributed by atoms with van der Waals surface area (Å²) in [7, 11) is 1.25. The summed E-state index contributed by atoms with van der Waals surface area (Å²) in [6.45, 7) is 0. The van der Waals surface area contributed by atoms with Crippen LogP contribution in [0.4, 0.5) is 4.39 Å². The molecule has 6 heteroatoms. The molecule has 0 aliphatic heterocycles. The fraction of sp³-hybridized carbons (Fsp3) is 0.111. The van der Waals surface area contributed by atoms with Crippen LogP contribution in [0.3, 0.4) is 0 Å². The lowest BCUT2D eigenvalue weighted by atomic mass is 10.2. The molecule has 2 rings (SSSR count). The standard InChI is InChI=1S/C9H6FNO2S2/c1-13-8(12)4-2-5(10)7-6(3-4)15-9(14)11-7/h2-3H,1H3,(H,11,14). The zero-order valence-corrected chi connectivity index (χ0v) is 9.30. The summed E-state index contributed by atoms with van der Waals surface area (Å²) in [6.07, 6.45) is 0. The van der Waals surface area contributed by atoms with Crippen molar-refractivity contribution in [2.24, 2.45) is 0 Å². The lowest BCUT2D eigenvalue weighted by molar-refractivity contribution is 0.0600. The summed E-state index contributed by atoms with van der Waals surface area (Å²) in [5.74, 6) is -1.06. The number of rotatable bonds is 1. The van der Waals surface area contributed by atoms with E-state index in [1.165, 1.54) is 18.4 Å². The Morgan fingerprint density at radius 3 is 3.00 bits per heavy atom. The molecule has 0 saturated carbocycles. The Kier molecular flexibility index (Phi) is 2.54. The van der Waals surface area contributed by atoms with Gasteiger partial charge in [-0.3, -0.25) is 0 Å². The van der Waals surface area contributed by atoms with Crippen molar-refractivity contribution in [3.05, 3.63) is 27.5 Å². The molecule has 15 heavy (non-hydrogen) atoms. The molecule has 0 aliphatic carbocycles. The highest BCUT2D eigenvalue weighted by Crippen LogP contribution is 2.24. The average Bonchev–Trinajstić information content (AvgIpc) is 2.58. The molecule has 0 saturated heterocycles. The zero-order valence-electron chi connectivity index (χ0n) is 7.67. The predicted molar refractivity (Wildman–Crippen MR) is 58.3 cm³/mol. The van der Waals surface area contributed by atoms with Crippen LogP contribution in [0.1, 0.15) is 10.4 Å². The third-order valence-electron chi connectivity index (χ3n) is 1.90. The second kappa shape index (κ2) is 3.71. The predicted octanol–water partition coefficient (Wildman–Crippen LogP) is 2.88. The van der Waals surface area contributed by atoms with E-state index in [0.717, 1.165) is 6.07 Å². The second-order valence-corrected chi connectivity index (χ2v) is 4.56. The quantitative estimate of drug-likeness (QED) is 0.618. The number of aromatic nitrogens is 1. The maximum Gasteiger partial charge on any atom is 0.338 e. The first-order chi connectivity index (χ1) is 7.11. The number of aromatic amines is 1. The molecule has 0 amide bonds. The van der Waals surface area contributed by atoms with Gasteiger partial charge >= 0.3 is 5.97 Å². The van der Waals surface area contributed by atoms with Crippen molar-refractivity contribution in [3.63, 3.8) is 0 Å². The molecule has 0 radical (unpaired) electrons. The minimum absolute atomic E-state index is 0.188. The molecule has 1 aromatic heterocycles. The van der Waals surface area contributed by atoms with Gasteiger partial charge in [0.15, 0.2) is 3.95 Å².